The molecule has 3 rings (SSSR count). The van der Waals surface area contributed by atoms with Gasteiger partial charge in [0.05, 0.1) is 12.7 Å². The smallest absolute Gasteiger partial charge is 0.0888 e. The second kappa shape index (κ2) is 6.63. The molecule has 2 aliphatic rings. The van der Waals surface area contributed by atoms with Crippen molar-refractivity contribution in [3.8, 4) is 0 Å². The van der Waals surface area contributed by atoms with E-state index in [4.69, 9.17) is 23.2 Å². The molecule has 1 saturated heterocycles. The zero-order chi connectivity index (χ0) is 14.8. The van der Waals surface area contributed by atoms with E-state index in [2.05, 4.69) is 27.2 Å². The van der Waals surface area contributed by atoms with E-state index in [9.17, 15) is 0 Å². The Morgan fingerprint density at radius 1 is 1.33 bits per heavy atom. The number of rotatable bonds is 3. The predicted octanol–water partition coefficient (Wildman–Crippen LogP) is 2.11. The van der Waals surface area contributed by atoms with Crippen LogP contribution in [-0.4, -0.2) is 61.4 Å². The fourth-order valence-electron chi connectivity index (χ4n) is 2.94. The summed E-state index contributed by atoms with van der Waals surface area (Å²) in [6.07, 6.45) is 0. The van der Waals surface area contributed by atoms with Gasteiger partial charge in [-0.3, -0.25) is 20.1 Å². The summed E-state index contributed by atoms with van der Waals surface area (Å²) < 4.78 is 0. The molecule has 0 aromatic heterocycles. The van der Waals surface area contributed by atoms with Gasteiger partial charge in [0.2, 0.25) is 0 Å². The summed E-state index contributed by atoms with van der Waals surface area (Å²) in [6.45, 7) is 5.62. The van der Waals surface area contributed by atoms with Gasteiger partial charge in [-0.25, -0.2) is 0 Å². The van der Waals surface area contributed by atoms with E-state index in [0.717, 1.165) is 50.0 Å². The highest BCUT2D eigenvalue weighted by Gasteiger charge is 2.29. The minimum atomic E-state index is 0.403. The number of nitrogens with one attached hydrogen (secondary N) is 1. The predicted molar refractivity (Wildman–Crippen MR) is 88.5 cm³/mol. The standard InChI is InChI=1S/C15H20Cl2N4/c1-20-4-5-21(9-15(20)14-7-18-10-19-14)8-11-2-3-12(16)6-13(11)17/h2-3,6,15,18H,4-5,7-10H2,1H3. The molecule has 1 atom stereocenters. The summed E-state index contributed by atoms with van der Waals surface area (Å²) in [5.41, 5.74) is 2.40. The number of hydrogen-bond acceptors (Lipinski definition) is 4. The summed E-state index contributed by atoms with van der Waals surface area (Å²) >= 11 is 12.2. The van der Waals surface area contributed by atoms with Crippen molar-refractivity contribution in [2.75, 3.05) is 39.9 Å². The SMILES string of the molecule is CN1CCN(Cc2ccc(Cl)cc2Cl)CC1C1=NCNC1. The number of halogens is 2. The van der Waals surface area contributed by atoms with E-state index in [0.29, 0.717) is 11.1 Å². The second-order valence-corrected chi connectivity index (χ2v) is 6.55. The van der Waals surface area contributed by atoms with Crippen LogP contribution in [0.5, 0.6) is 0 Å². The molecular weight excluding hydrogens is 307 g/mol. The first-order chi connectivity index (χ1) is 10.1. The van der Waals surface area contributed by atoms with Crippen molar-refractivity contribution < 1.29 is 0 Å². The van der Waals surface area contributed by atoms with Gasteiger partial charge in [0.25, 0.3) is 0 Å². The fourth-order valence-corrected chi connectivity index (χ4v) is 3.41. The van der Waals surface area contributed by atoms with Crippen LogP contribution < -0.4 is 5.32 Å². The maximum Gasteiger partial charge on any atom is 0.0888 e. The molecule has 1 aromatic carbocycles. The third-order valence-corrected chi connectivity index (χ3v) is 4.81. The zero-order valence-corrected chi connectivity index (χ0v) is 13.7. The highest BCUT2D eigenvalue weighted by Crippen LogP contribution is 2.23. The van der Waals surface area contributed by atoms with Crippen molar-refractivity contribution in [3.05, 3.63) is 33.8 Å². The molecule has 0 saturated carbocycles. The number of aliphatic imine (C=N–C) groups is 1. The normalized spacial score (nSPS) is 24.3. The van der Waals surface area contributed by atoms with Crippen LogP contribution >= 0.6 is 23.2 Å². The zero-order valence-electron chi connectivity index (χ0n) is 12.1. The van der Waals surface area contributed by atoms with Crippen LogP contribution in [0.1, 0.15) is 5.56 Å². The number of hydrogen-bond donors (Lipinski definition) is 1. The van der Waals surface area contributed by atoms with Crippen LogP contribution in [0.15, 0.2) is 23.2 Å². The average Bonchev–Trinajstić information content (AvgIpc) is 2.98. The molecule has 2 heterocycles. The number of benzene rings is 1. The van der Waals surface area contributed by atoms with Crippen LogP contribution in [0.3, 0.4) is 0 Å². The van der Waals surface area contributed by atoms with Gasteiger partial charge in [-0.15, -0.1) is 0 Å². The molecule has 4 nitrogen and oxygen atoms in total. The van der Waals surface area contributed by atoms with Gasteiger partial charge in [0.15, 0.2) is 0 Å². The lowest BCUT2D eigenvalue weighted by Gasteiger charge is -2.39. The van der Waals surface area contributed by atoms with Gasteiger partial charge < -0.3 is 0 Å². The van der Waals surface area contributed by atoms with Crippen LogP contribution in [0.4, 0.5) is 0 Å². The van der Waals surface area contributed by atoms with E-state index < -0.39 is 0 Å². The first-order valence-corrected chi connectivity index (χ1v) is 7.99. The third-order valence-electron chi connectivity index (χ3n) is 4.23. The first-order valence-electron chi connectivity index (χ1n) is 7.24. The lowest BCUT2D eigenvalue weighted by Crippen LogP contribution is -2.55. The Balaban J connectivity index is 1.68. The van der Waals surface area contributed by atoms with E-state index in [1.807, 2.05) is 18.2 Å². The summed E-state index contributed by atoms with van der Waals surface area (Å²) in [4.78, 5) is 9.41. The Morgan fingerprint density at radius 3 is 2.90 bits per heavy atom. The topological polar surface area (TPSA) is 30.9 Å². The monoisotopic (exact) mass is 326 g/mol. The van der Waals surface area contributed by atoms with Crippen LogP contribution in [0.25, 0.3) is 0 Å². The quantitative estimate of drug-likeness (QED) is 0.923. The molecule has 0 aliphatic carbocycles. The first kappa shape index (κ1) is 15.3. The maximum atomic E-state index is 6.29. The lowest BCUT2D eigenvalue weighted by molar-refractivity contribution is 0.122. The molecule has 1 fully saturated rings. The number of likely N-dealkylation sites (N-methyl/N-ethyl adjacent to an activating group) is 1. The molecule has 1 N–H and O–H groups in total. The third kappa shape index (κ3) is 3.58. The average molecular weight is 327 g/mol. The lowest BCUT2D eigenvalue weighted by atomic mass is 10.1. The summed E-state index contributed by atoms with van der Waals surface area (Å²) in [7, 11) is 2.18. The molecule has 114 valence electrons. The Bertz CT molecular complexity index is 546. The summed E-state index contributed by atoms with van der Waals surface area (Å²) in [5.74, 6) is 0. The Morgan fingerprint density at radius 2 is 2.19 bits per heavy atom. The van der Waals surface area contributed by atoms with Gasteiger partial charge in [-0.05, 0) is 24.7 Å². The number of piperazine rings is 1. The molecule has 21 heavy (non-hydrogen) atoms. The van der Waals surface area contributed by atoms with E-state index in [1.54, 1.807) is 0 Å². The van der Waals surface area contributed by atoms with Crippen LogP contribution in [0, 0.1) is 0 Å². The Hall–Kier alpha value is -0.650. The van der Waals surface area contributed by atoms with Crippen molar-refractivity contribution >= 4 is 28.9 Å². The van der Waals surface area contributed by atoms with Crippen molar-refractivity contribution in [1.29, 1.82) is 0 Å². The molecule has 0 spiro atoms. The van der Waals surface area contributed by atoms with E-state index >= 15 is 0 Å². The molecule has 0 radical (unpaired) electrons. The molecule has 2 aliphatic heterocycles. The van der Waals surface area contributed by atoms with Crippen molar-refractivity contribution in [3.63, 3.8) is 0 Å². The molecule has 6 heteroatoms. The highest BCUT2D eigenvalue weighted by molar-refractivity contribution is 6.35. The van der Waals surface area contributed by atoms with Gasteiger partial charge in [-0.1, -0.05) is 29.3 Å². The largest absolute Gasteiger partial charge is 0.296 e. The Kier molecular flexibility index (Phi) is 4.82. The molecular formula is C15H20Cl2N4. The highest BCUT2D eigenvalue weighted by atomic mass is 35.5. The molecule has 0 amide bonds. The van der Waals surface area contributed by atoms with Crippen molar-refractivity contribution in [2.45, 2.75) is 12.6 Å². The Labute approximate surface area is 135 Å². The van der Waals surface area contributed by atoms with Crippen LogP contribution in [-0.2, 0) is 6.54 Å². The summed E-state index contributed by atoms with van der Waals surface area (Å²) in [6, 6.07) is 6.14. The van der Waals surface area contributed by atoms with Gasteiger partial charge >= 0.3 is 0 Å². The van der Waals surface area contributed by atoms with E-state index in [1.165, 1.54) is 5.71 Å². The van der Waals surface area contributed by atoms with Crippen molar-refractivity contribution in [1.82, 2.24) is 15.1 Å². The van der Waals surface area contributed by atoms with Crippen LogP contribution in [0.2, 0.25) is 10.0 Å². The minimum Gasteiger partial charge on any atom is -0.296 e. The van der Waals surface area contributed by atoms with Gasteiger partial charge in [-0.2, -0.15) is 0 Å². The minimum absolute atomic E-state index is 0.403. The summed E-state index contributed by atoms with van der Waals surface area (Å²) in [5, 5.41) is 4.72. The van der Waals surface area contributed by atoms with E-state index in [-0.39, 0.29) is 0 Å². The second-order valence-electron chi connectivity index (χ2n) is 5.70. The van der Waals surface area contributed by atoms with Gasteiger partial charge in [0.1, 0.15) is 0 Å². The van der Waals surface area contributed by atoms with Gasteiger partial charge in [0, 0.05) is 48.5 Å². The van der Waals surface area contributed by atoms with Crippen molar-refractivity contribution in [2.24, 2.45) is 4.99 Å². The molecule has 1 unspecified atom stereocenters. The maximum absolute atomic E-state index is 6.29. The fraction of sp³-hybridized carbons (Fsp3) is 0.533. The molecule has 0 bridgehead atoms. The number of nitrogens with zero attached hydrogens (tertiary/aromatic N) is 3. The molecule has 1 aromatic rings.